The van der Waals surface area contributed by atoms with Crippen LogP contribution >= 0.6 is 15.9 Å². The van der Waals surface area contributed by atoms with Gasteiger partial charge in [0.25, 0.3) is 5.91 Å². The van der Waals surface area contributed by atoms with Crippen LogP contribution in [0.3, 0.4) is 0 Å². The minimum Gasteiger partial charge on any atom is -0.294 e. The number of hydrogen-bond donors (Lipinski definition) is 2. The van der Waals surface area contributed by atoms with Crippen LogP contribution in [0.5, 0.6) is 0 Å². The Hall–Kier alpha value is -2.22. The molecule has 0 spiro atoms. The minimum absolute atomic E-state index is 0.259. The van der Waals surface area contributed by atoms with Gasteiger partial charge in [-0.2, -0.15) is 10.1 Å². The Kier molecular flexibility index (Phi) is 3.93. The number of halogens is 1. The van der Waals surface area contributed by atoms with Crippen molar-refractivity contribution in [3.63, 3.8) is 0 Å². The molecule has 0 radical (unpaired) electrons. The van der Waals surface area contributed by atoms with Crippen LogP contribution in [0.1, 0.15) is 35.1 Å². The highest BCUT2D eigenvalue weighted by Gasteiger charge is 2.20. The largest absolute Gasteiger partial charge is 0.294 e. The van der Waals surface area contributed by atoms with Crippen molar-refractivity contribution in [3.8, 4) is 0 Å². The van der Waals surface area contributed by atoms with Crippen molar-refractivity contribution in [2.45, 2.75) is 26.7 Å². The van der Waals surface area contributed by atoms with Crippen molar-refractivity contribution < 1.29 is 4.79 Å². The molecule has 1 amide bonds. The SMILES string of the molecule is CCCc1nc2c(C)cc(Br)cn2c1C(=O)Nc1ncn[nH]1. The number of aryl methyl sites for hydroxylation is 2. The van der Waals surface area contributed by atoms with Gasteiger partial charge in [0.05, 0.1) is 5.69 Å². The van der Waals surface area contributed by atoms with Gasteiger partial charge in [0.15, 0.2) is 0 Å². The number of aromatic nitrogens is 5. The van der Waals surface area contributed by atoms with Gasteiger partial charge in [0.1, 0.15) is 17.7 Å². The van der Waals surface area contributed by atoms with E-state index in [1.165, 1.54) is 6.33 Å². The second-order valence-corrected chi connectivity index (χ2v) is 5.90. The van der Waals surface area contributed by atoms with Gasteiger partial charge in [0.2, 0.25) is 5.95 Å². The quantitative estimate of drug-likeness (QED) is 0.746. The zero-order chi connectivity index (χ0) is 15.7. The van der Waals surface area contributed by atoms with Crippen LogP contribution in [0.4, 0.5) is 5.95 Å². The first-order valence-electron chi connectivity index (χ1n) is 6.94. The van der Waals surface area contributed by atoms with E-state index in [1.54, 1.807) is 0 Å². The van der Waals surface area contributed by atoms with E-state index in [1.807, 2.05) is 23.6 Å². The summed E-state index contributed by atoms with van der Waals surface area (Å²) in [5.41, 5.74) is 3.10. The first kappa shape index (κ1) is 14.7. The lowest BCUT2D eigenvalue weighted by molar-refractivity contribution is 0.101. The Labute approximate surface area is 135 Å². The number of fused-ring (bicyclic) bond motifs is 1. The number of anilines is 1. The van der Waals surface area contributed by atoms with Crippen LogP contribution in [0.25, 0.3) is 5.65 Å². The normalized spacial score (nSPS) is 11.0. The molecule has 0 aliphatic rings. The molecule has 7 nitrogen and oxygen atoms in total. The van der Waals surface area contributed by atoms with Crippen LogP contribution in [-0.4, -0.2) is 30.5 Å². The summed E-state index contributed by atoms with van der Waals surface area (Å²) < 4.78 is 2.71. The third kappa shape index (κ3) is 2.61. The van der Waals surface area contributed by atoms with Crippen molar-refractivity contribution in [2.75, 3.05) is 5.32 Å². The van der Waals surface area contributed by atoms with E-state index in [9.17, 15) is 4.79 Å². The highest BCUT2D eigenvalue weighted by Crippen LogP contribution is 2.22. The topological polar surface area (TPSA) is 88.0 Å². The number of aromatic amines is 1. The van der Waals surface area contributed by atoms with Crippen LogP contribution in [0.15, 0.2) is 23.1 Å². The molecular weight excluding hydrogens is 348 g/mol. The summed E-state index contributed by atoms with van der Waals surface area (Å²) in [7, 11) is 0. The van der Waals surface area contributed by atoms with Crippen LogP contribution in [-0.2, 0) is 6.42 Å². The molecule has 3 heterocycles. The van der Waals surface area contributed by atoms with Gasteiger partial charge in [-0.05, 0) is 40.9 Å². The standard InChI is InChI=1S/C14H15BrN6O/c1-3-4-10-11(13(22)19-14-16-7-17-20-14)21-6-9(15)5-8(2)12(21)18-10/h5-7H,3-4H2,1-2H3,(H2,16,17,19,20,22). The van der Waals surface area contributed by atoms with Gasteiger partial charge >= 0.3 is 0 Å². The summed E-state index contributed by atoms with van der Waals surface area (Å²) in [4.78, 5) is 21.2. The van der Waals surface area contributed by atoms with Gasteiger partial charge in [-0.25, -0.2) is 10.1 Å². The summed E-state index contributed by atoms with van der Waals surface area (Å²) >= 11 is 3.47. The Morgan fingerprint density at radius 3 is 3.00 bits per heavy atom. The summed E-state index contributed by atoms with van der Waals surface area (Å²) in [6.07, 6.45) is 4.84. The third-order valence-electron chi connectivity index (χ3n) is 3.29. The number of carbonyl (C=O) groups excluding carboxylic acids is 1. The molecule has 0 saturated carbocycles. The molecule has 8 heteroatoms. The zero-order valence-electron chi connectivity index (χ0n) is 12.2. The molecule has 114 valence electrons. The predicted molar refractivity (Wildman–Crippen MR) is 86.0 cm³/mol. The van der Waals surface area contributed by atoms with Gasteiger partial charge in [0, 0.05) is 10.7 Å². The third-order valence-corrected chi connectivity index (χ3v) is 3.73. The maximum absolute atomic E-state index is 12.6. The number of nitrogens with zero attached hydrogens (tertiary/aromatic N) is 4. The monoisotopic (exact) mass is 362 g/mol. The van der Waals surface area contributed by atoms with Crippen LogP contribution in [0.2, 0.25) is 0 Å². The van der Waals surface area contributed by atoms with Crippen LogP contribution < -0.4 is 5.32 Å². The average Bonchev–Trinajstić information content (AvgIpc) is 3.06. The Morgan fingerprint density at radius 1 is 1.50 bits per heavy atom. The zero-order valence-corrected chi connectivity index (χ0v) is 13.8. The van der Waals surface area contributed by atoms with Crippen molar-refractivity contribution >= 4 is 33.4 Å². The Balaban J connectivity index is 2.12. The number of nitrogens with one attached hydrogen (secondary N) is 2. The number of H-pyrrole nitrogens is 1. The number of amides is 1. The fraction of sp³-hybridized carbons (Fsp3) is 0.286. The van der Waals surface area contributed by atoms with Gasteiger partial charge < -0.3 is 0 Å². The molecule has 0 unspecified atom stereocenters. The van der Waals surface area contributed by atoms with E-state index in [-0.39, 0.29) is 5.91 Å². The van der Waals surface area contributed by atoms with Crippen molar-refractivity contribution in [3.05, 3.63) is 40.0 Å². The van der Waals surface area contributed by atoms with Crippen LogP contribution in [0, 0.1) is 6.92 Å². The van der Waals surface area contributed by atoms with Gasteiger partial charge in [-0.15, -0.1) is 0 Å². The predicted octanol–water partition coefficient (Wildman–Crippen LogP) is 2.73. The molecule has 0 aliphatic heterocycles. The van der Waals surface area contributed by atoms with Crippen molar-refractivity contribution in [1.29, 1.82) is 0 Å². The highest BCUT2D eigenvalue weighted by molar-refractivity contribution is 9.10. The maximum atomic E-state index is 12.6. The van der Waals surface area contributed by atoms with E-state index in [0.29, 0.717) is 11.6 Å². The molecule has 3 rings (SSSR count). The summed E-state index contributed by atoms with van der Waals surface area (Å²) in [5.74, 6) is 0.0549. The molecule has 0 bridgehead atoms. The molecule has 0 atom stereocenters. The molecule has 2 N–H and O–H groups in total. The van der Waals surface area contributed by atoms with E-state index < -0.39 is 0 Å². The molecule has 3 aromatic heterocycles. The molecule has 0 aromatic carbocycles. The number of rotatable bonds is 4. The second-order valence-electron chi connectivity index (χ2n) is 4.98. The Morgan fingerprint density at radius 2 is 2.32 bits per heavy atom. The lowest BCUT2D eigenvalue weighted by atomic mass is 10.2. The first-order valence-corrected chi connectivity index (χ1v) is 7.73. The smallest absolute Gasteiger partial charge is 0.276 e. The fourth-order valence-corrected chi connectivity index (χ4v) is 2.95. The molecule has 0 fully saturated rings. The minimum atomic E-state index is -0.259. The average molecular weight is 363 g/mol. The number of pyridine rings is 1. The fourth-order valence-electron chi connectivity index (χ4n) is 2.40. The lowest BCUT2D eigenvalue weighted by Crippen LogP contribution is -2.17. The Bertz CT molecular complexity index is 824. The van der Waals surface area contributed by atoms with Crippen molar-refractivity contribution in [2.24, 2.45) is 0 Å². The van der Waals surface area contributed by atoms with Gasteiger partial charge in [-0.1, -0.05) is 13.3 Å². The van der Waals surface area contributed by atoms with E-state index in [4.69, 9.17) is 0 Å². The highest BCUT2D eigenvalue weighted by atomic mass is 79.9. The number of carbonyl (C=O) groups is 1. The van der Waals surface area contributed by atoms with Crippen molar-refractivity contribution in [1.82, 2.24) is 24.6 Å². The molecule has 0 aliphatic carbocycles. The van der Waals surface area contributed by atoms with E-state index in [2.05, 4.69) is 48.3 Å². The molecule has 3 aromatic rings. The van der Waals surface area contributed by atoms with Gasteiger partial charge in [-0.3, -0.25) is 14.5 Å². The summed E-state index contributed by atoms with van der Waals surface area (Å²) in [6.45, 7) is 4.03. The summed E-state index contributed by atoms with van der Waals surface area (Å²) in [6, 6.07) is 1.98. The lowest BCUT2D eigenvalue weighted by Gasteiger charge is -2.05. The first-order chi connectivity index (χ1) is 10.6. The molecule has 22 heavy (non-hydrogen) atoms. The number of imidazole rings is 1. The molecular formula is C14H15BrN6O. The summed E-state index contributed by atoms with van der Waals surface area (Å²) in [5, 5.41) is 9.06. The number of hydrogen-bond acceptors (Lipinski definition) is 4. The maximum Gasteiger partial charge on any atom is 0.276 e. The molecule has 0 saturated heterocycles. The second kappa shape index (κ2) is 5.88. The van der Waals surface area contributed by atoms with E-state index >= 15 is 0 Å². The van der Waals surface area contributed by atoms with E-state index in [0.717, 1.165) is 34.2 Å².